The highest BCUT2D eigenvalue weighted by atomic mass is 32.2. The number of halogens is 3. The summed E-state index contributed by atoms with van der Waals surface area (Å²) < 4.78 is 71.0. The molecule has 2 aromatic carbocycles. The summed E-state index contributed by atoms with van der Waals surface area (Å²) in [5.41, 5.74) is -0.137. The van der Waals surface area contributed by atoms with Crippen molar-refractivity contribution in [1.29, 1.82) is 0 Å². The molecule has 1 N–H and O–H groups in total. The summed E-state index contributed by atoms with van der Waals surface area (Å²) in [5.74, 6) is -3.23. The van der Waals surface area contributed by atoms with Crippen LogP contribution in [0.1, 0.15) is 0 Å². The number of hydrogen-bond donors (Lipinski definition) is 1. The van der Waals surface area contributed by atoms with Crippen LogP contribution < -0.4 is 9.46 Å². The van der Waals surface area contributed by atoms with Crippen LogP contribution in [0.5, 0.6) is 5.75 Å². The Morgan fingerprint density at radius 2 is 1.67 bits per heavy atom. The molecule has 0 saturated carbocycles. The highest BCUT2D eigenvalue weighted by Crippen LogP contribution is 2.28. The molecule has 0 heterocycles. The monoisotopic (exact) mass is 317 g/mol. The van der Waals surface area contributed by atoms with Gasteiger partial charge in [-0.1, -0.05) is 6.07 Å². The van der Waals surface area contributed by atoms with Crippen LogP contribution in [0, 0.1) is 17.5 Å². The van der Waals surface area contributed by atoms with E-state index in [0.717, 1.165) is 36.4 Å². The van der Waals surface area contributed by atoms with E-state index in [0.29, 0.717) is 0 Å². The number of ether oxygens (including phenoxy) is 1. The van der Waals surface area contributed by atoms with Crippen LogP contribution in [-0.4, -0.2) is 15.5 Å². The molecule has 112 valence electrons. The number of nitrogens with one attached hydrogen (secondary N) is 1. The van der Waals surface area contributed by atoms with Gasteiger partial charge in [0.05, 0.1) is 12.8 Å². The molecular formula is C13H10F3NO3S. The average Bonchev–Trinajstić information content (AvgIpc) is 2.40. The standard InChI is InChI=1S/C13H10F3NO3S/c1-20-12-7-8(14)5-6-11(12)17-21(18,19)13-9(15)3-2-4-10(13)16/h2-7,17H,1H3. The zero-order valence-electron chi connectivity index (χ0n) is 10.7. The molecule has 0 fully saturated rings. The van der Waals surface area contributed by atoms with Crippen LogP contribution in [0.4, 0.5) is 18.9 Å². The minimum Gasteiger partial charge on any atom is -0.494 e. The van der Waals surface area contributed by atoms with Crippen molar-refractivity contribution in [2.75, 3.05) is 11.8 Å². The van der Waals surface area contributed by atoms with Gasteiger partial charge in [-0.2, -0.15) is 0 Å². The predicted molar refractivity (Wildman–Crippen MR) is 70.1 cm³/mol. The minimum absolute atomic E-state index is 0.115. The first-order valence-electron chi connectivity index (χ1n) is 5.65. The number of methoxy groups -OCH3 is 1. The van der Waals surface area contributed by atoms with Crippen LogP contribution in [-0.2, 0) is 10.0 Å². The number of sulfonamides is 1. The summed E-state index contributed by atoms with van der Waals surface area (Å²) in [6.45, 7) is 0. The molecule has 0 aliphatic carbocycles. The fourth-order valence-electron chi connectivity index (χ4n) is 1.68. The van der Waals surface area contributed by atoms with Crippen LogP contribution in [0.3, 0.4) is 0 Å². The van der Waals surface area contributed by atoms with Gasteiger partial charge in [-0.25, -0.2) is 21.6 Å². The van der Waals surface area contributed by atoms with Crippen LogP contribution in [0.2, 0.25) is 0 Å². The summed E-state index contributed by atoms with van der Waals surface area (Å²) in [6, 6.07) is 5.69. The lowest BCUT2D eigenvalue weighted by molar-refractivity contribution is 0.413. The first kappa shape index (κ1) is 15.2. The van der Waals surface area contributed by atoms with E-state index in [2.05, 4.69) is 0 Å². The Balaban J connectivity index is 2.48. The quantitative estimate of drug-likeness (QED) is 0.943. The van der Waals surface area contributed by atoms with Crippen LogP contribution >= 0.6 is 0 Å². The maximum Gasteiger partial charge on any atom is 0.267 e. The number of rotatable bonds is 4. The van der Waals surface area contributed by atoms with Crippen molar-refractivity contribution in [3.8, 4) is 5.75 Å². The van der Waals surface area contributed by atoms with E-state index in [1.807, 2.05) is 4.72 Å². The van der Waals surface area contributed by atoms with Crippen LogP contribution in [0.25, 0.3) is 0 Å². The SMILES string of the molecule is COc1cc(F)ccc1NS(=O)(=O)c1c(F)cccc1F. The molecule has 0 aliphatic rings. The zero-order chi connectivity index (χ0) is 15.6. The van der Waals surface area contributed by atoms with Gasteiger partial charge in [0, 0.05) is 6.07 Å². The molecule has 8 heteroatoms. The van der Waals surface area contributed by atoms with Crippen molar-refractivity contribution < 1.29 is 26.3 Å². The van der Waals surface area contributed by atoms with E-state index < -0.39 is 32.4 Å². The van der Waals surface area contributed by atoms with Gasteiger partial charge < -0.3 is 4.74 Å². The predicted octanol–water partition coefficient (Wildman–Crippen LogP) is 2.91. The maximum atomic E-state index is 13.5. The number of benzene rings is 2. The molecule has 0 radical (unpaired) electrons. The molecule has 2 aromatic rings. The van der Waals surface area contributed by atoms with Crippen molar-refractivity contribution in [3.63, 3.8) is 0 Å². The largest absolute Gasteiger partial charge is 0.494 e. The Morgan fingerprint density at radius 3 is 2.24 bits per heavy atom. The molecule has 2 rings (SSSR count). The van der Waals surface area contributed by atoms with E-state index in [9.17, 15) is 21.6 Å². The van der Waals surface area contributed by atoms with Crippen LogP contribution in [0.15, 0.2) is 41.3 Å². The Labute approximate surface area is 119 Å². The van der Waals surface area contributed by atoms with Gasteiger partial charge >= 0.3 is 0 Å². The molecule has 0 saturated heterocycles. The molecule has 21 heavy (non-hydrogen) atoms. The molecular weight excluding hydrogens is 307 g/mol. The lowest BCUT2D eigenvalue weighted by Gasteiger charge is -2.12. The third-order valence-electron chi connectivity index (χ3n) is 2.60. The van der Waals surface area contributed by atoms with Gasteiger partial charge in [-0.15, -0.1) is 0 Å². The topological polar surface area (TPSA) is 55.4 Å². The van der Waals surface area contributed by atoms with Crippen molar-refractivity contribution in [2.24, 2.45) is 0 Å². The van der Waals surface area contributed by atoms with Gasteiger partial charge in [0.2, 0.25) is 0 Å². The summed E-state index contributed by atoms with van der Waals surface area (Å²) in [5, 5.41) is 0. The molecule has 4 nitrogen and oxygen atoms in total. The summed E-state index contributed by atoms with van der Waals surface area (Å²) in [6.07, 6.45) is 0. The first-order valence-corrected chi connectivity index (χ1v) is 7.14. The van der Waals surface area contributed by atoms with Crippen molar-refractivity contribution in [2.45, 2.75) is 4.90 Å². The summed E-state index contributed by atoms with van der Waals surface area (Å²) in [4.78, 5) is -1.11. The number of hydrogen-bond acceptors (Lipinski definition) is 3. The Kier molecular flexibility index (Phi) is 4.08. The maximum absolute atomic E-state index is 13.5. The Morgan fingerprint density at radius 1 is 1.05 bits per heavy atom. The second-order valence-corrected chi connectivity index (χ2v) is 5.62. The molecule has 0 spiro atoms. The smallest absolute Gasteiger partial charge is 0.267 e. The Hall–Kier alpha value is -2.22. The normalized spacial score (nSPS) is 11.2. The van der Waals surface area contributed by atoms with Gasteiger partial charge in [-0.05, 0) is 24.3 Å². The second-order valence-electron chi connectivity index (χ2n) is 4.00. The van der Waals surface area contributed by atoms with Gasteiger partial charge in [-0.3, -0.25) is 4.72 Å². The Bertz CT molecular complexity index is 758. The van der Waals surface area contributed by atoms with E-state index >= 15 is 0 Å². The van der Waals surface area contributed by atoms with Gasteiger partial charge in [0.1, 0.15) is 23.2 Å². The van der Waals surface area contributed by atoms with E-state index in [-0.39, 0.29) is 11.4 Å². The zero-order valence-corrected chi connectivity index (χ0v) is 11.5. The lowest BCUT2D eigenvalue weighted by Crippen LogP contribution is -2.17. The van der Waals surface area contributed by atoms with Crippen molar-refractivity contribution in [1.82, 2.24) is 0 Å². The average molecular weight is 317 g/mol. The molecule has 0 atom stereocenters. The van der Waals surface area contributed by atoms with E-state index in [4.69, 9.17) is 4.74 Å². The highest BCUT2D eigenvalue weighted by Gasteiger charge is 2.25. The van der Waals surface area contributed by atoms with Crippen molar-refractivity contribution in [3.05, 3.63) is 53.8 Å². The molecule has 0 aromatic heterocycles. The number of anilines is 1. The molecule has 0 bridgehead atoms. The minimum atomic E-state index is -4.52. The third-order valence-corrected chi connectivity index (χ3v) is 4.01. The van der Waals surface area contributed by atoms with Gasteiger partial charge in [0.25, 0.3) is 10.0 Å². The third kappa shape index (κ3) is 3.10. The van der Waals surface area contributed by atoms with Crippen molar-refractivity contribution >= 4 is 15.7 Å². The van der Waals surface area contributed by atoms with Gasteiger partial charge in [0.15, 0.2) is 4.90 Å². The summed E-state index contributed by atoms with van der Waals surface area (Å²) >= 11 is 0. The van der Waals surface area contributed by atoms with E-state index in [1.54, 1.807) is 0 Å². The lowest BCUT2D eigenvalue weighted by atomic mass is 10.3. The second kappa shape index (κ2) is 5.65. The molecule has 0 amide bonds. The van der Waals surface area contributed by atoms with E-state index in [1.165, 1.54) is 7.11 Å². The molecule has 0 aliphatic heterocycles. The highest BCUT2D eigenvalue weighted by molar-refractivity contribution is 7.92. The summed E-state index contributed by atoms with van der Waals surface area (Å²) in [7, 11) is -3.32. The molecule has 0 unspecified atom stereocenters. The fraction of sp³-hybridized carbons (Fsp3) is 0.0769. The fourth-order valence-corrected chi connectivity index (χ4v) is 2.89. The first-order chi connectivity index (χ1) is 9.85.